The quantitative estimate of drug-likeness (QED) is 0.481. The van der Waals surface area contributed by atoms with E-state index < -0.39 is 16.7 Å². The predicted octanol–water partition coefficient (Wildman–Crippen LogP) is 0.643. The van der Waals surface area contributed by atoms with E-state index in [2.05, 4.69) is 5.32 Å². The van der Waals surface area contributed by atoms with Gasteiger partial charge in [-0.25, -0.2) is 0 Å². The van der Waals surface area contributed by atoms with Gasteiger partial charge in [0.2, 0.25) is 0 Å². The highest BCUT2D eigenvalue weighted by Gasteiger charge is 2.25. The molecular weight excluding hydrogens is 240 g/mol. The molecule has 1 aliphatic rings. The summed E-state index contributed by atoms with van der Waals surface area (Å²) in [6, 6.07) is 4.06. The van der Waals surface area contributed by atoms with Crippen molar-refractivity contribution < 1.29 is 19.2 Å². The number of hydrogen-bond acceptors (Lipinski definition) is 5. The molecule has 0 fully saturated rings. The average molecular weight is 248 g/mol. The Morgan fingerprint density at radius 3 is 2.56 bits per heavy atom. The molecule has 1 aliphatic heterocycles. The molecule has 2 rings (SSSR count). The van der Waals surface area contributed by atoms with E-state index in [0.29, 0.717) is 5.56 Å². The van der Waals surface area contributed by atoms with Gasteiger partial charge in [0.1, 0.15) is 0 Å². The fraction of sp³-hybridized carbons (Fsp3) is 0.0909. The first-order chi connectivity index (χ1) is 8.52. The van der Waals surface area contributed by atoms with Gasteiger partial charge >= 0.3 is 5.69 Å². The van der Waals surface area contributed by atoms with Crippen molar-refractivity contribution in [1.82, 2.24) is 5.32 Å². The van der Waals surface area contributed by atoms with E-state index in [1.165, 1.54) is 25.3 Å². The Labute approximate surface area is 101 Å². The van der Waals surface area contributed by atoms with Crippen LogP contribution in [0.5, 0.6) is 5.75 Å². The summed E-state index contributed by atoms with van der Waals surface area (Å²) in [5.74, 6) is -1.01. The summed E-state index contributed by atoms with van der Waals surface area (Å²) >= 11 is 0. The van der Waals surface area contributed by atoms with Crippen molar-refractivity contribution in [3.05, 3.63) is 40.0 Å². The van der Waals surface area contributed by atoms with E-state index in [1.807, 2.05) is 0 Å². The van der Waals surface area contributed by atoms with Crippen LogP contribution in [0.4, 0.5) is 5.69 Å². The number of methoxy groups -OCH3 is 1. The van der Waals surface area contributed by atoms with E-state index in [9.17, 15) is 19.7 Å². The number of nitro groups is 1. The molecule has 0 atom stereocenters. The summed E-state index contributed by atoms with van der Waals surface area (Å²) in [5.41, 5.74) is 0.139. The second kappa shape index (κ2) is 4.28. The molecule has 0 aromatic heterocycles. The first-order valence-electron chi connectivity index (χ1n) is 4.92. The van der Waals surface area contributed by atoms with Gasteiger partial charge in [-0.15, -0.1) is 0 Å². The highest BCUT2D eigenvalue weighted by molar-refractivity contribution is 6.33. The molecule has 0 radical (unpaired) electrons. The second-order valence-electron chi connectivity index (χ2n) is 3.52. The molecule has 0 saturated carbocycles. The molecule has 0 spiro atoms. The zero-order chi connectivity index (χ0) is 13.3. The van der Waals surface area contributed by atoms with Crippen LogP contribution < -0.4 is 10.1 Å². The first kappa shape index (κ1) is 11.8. The third-order valence-corrected chi connectivity index (χ3v) is 2.44. The number of amides is 2. The maximum absolute atomic E-state index is 11.4. The van der Waals surface area contributed by atoms with Crippen LogP contribution in [0.2, 0.25) is 0 Å². The molecule has 7 heteroatoms. The van der Waals surface area contributed by atoms with Crippen LogP contribution in [0, 0.1) is 10.1 Å². The van der Waals surface area contributed by atoms with Gasteiger partial charge in [0.15, 0.2) is 5.75 Å². The Balaban J connectivity index is 2.51. The molecule has 1 aromatic carbocycles. The van der Waals surface area contributed by atoms with Gasteiger partial charge in [-0.1, -0.05) is 0 Å². The van der Waals surface area contributed by atoms with Crippen LogP contribution >= 0.6 is 0 Å². The number of ether oxygens (including phenoxy) is 1. The van der Waals surface area contributed by atoms with Crippen molar-refractivity contribution in [2.45, 2.75) is 0 Å². The first-order valence-corrected chi connectivity index (χ1v) is 4.92. The van der Waals surface area contributed by atoms with Crippen molar-refractivity contribution in [3.63, 3.8) is 0 Å². The minimum Gasteiger partial charge on any atom is -0.490 e. The summed E-state index contributed by atoms with van der Waals surface area (Å²) < 4.78 is 4.84. The van der Waals surface area contributed by atoms with Crippen LogP contribution in [0.25, 0.3) is 5.57 Å². The molecule has 0 aliphatic carbocycles. The van der Waals surface area contributed by atoms with Gasteiger partial charge in [0.05, 0.1) is 17.6 Å². The van der Waals surface area contributed by atoms with Crippen molar-refractivity contribution >= 4 is 23.1 Å². The third kappa shape index (κ3) is 1.93. The lowest BCUT2D eigenvalue weighted by Crippen LogP contribution is -2.21. The average Bonchev–Trinajstić information content (AvgIpc) is 2.67. The minimum atomic E-state index is -0.614. The maximum Gasteiger partial charge on any atom is 0.311 e. The lowest BCUT2D eigenvalue weighted by molar-refractivity contribution is -0.385. The van der Waals surface area contributed by atoms with E-state index >= 15 is 0 Å². The molecule has 0 unspecified atom stereocenters. The summed E-state index contributed by atoms with van der Waals surface area (Å²) in [5, 5.41) is 12.9. The number of nitro benzene ring substituents is 1. The van der Waals surface area contributed by atoms with Crippen molar-refractivity contribution in [1.29, 1.82) is 0 Å². The number of rotatable bonds is 3. The van der Waals surface area contributed by atoms with Crippen molar-refractivity contribution in [3.8, 4) is 5.75 Å². The highest BCUT2D eigenvalue weighted by Crippen LogP contribution is 2.30. The van der Waals surface area contributed by atoms with Crippen LogP contribution in [0.3, 0.4) is 0 Å². The number of carbonyl (C=O) groups is 2. The largest absolute Gasteiger partial charge is 0.490 e. The standard InChI is InChI=1S/C11H8N2O5/c1-18-9-3-2-6(4-8(9)13(16)17)7-5-10(14)12-11(7)15/h2-5H,1H3,(H,12,14,15). The summed E-state index contributed by atoms with van der Waals surface area (Å²) in [4.78, 5) is 32.7. The molecule has 7 nitrogen and oxygen atoms in total. The number of nitrogens with one attached hydrogen (secondary N) is 1. The zero-order valence-electron chi connectivity index (χ0n) is 9.30. The van der Waals surface area contributed by atoms with E-state index in [4.69, 9.17) is 4.74 Å². The number of imide groups is 1. The minimum absolute atomic E-state index is 0.0917. The van der Waals surface area contributed by atoms with Crippen LogP contribution in [0.1, 0.15) is 5.56 Å². The maximum atomic E-state index is 11.4. The fourth-order valence-electron chi connectivity index (χ4n) is 1.63. The summed E-state index contributed by atoms with van der Waals surface area (Å²) in [6.07, 6.45) is 1.11. The topological polar surface area (TPSA) is 98.5 Å². The SMILES string of the molecule is COc1ccc(C2=CC(=O)NC2=O)cc1[N+](=O)[O-]. The molecule has 0 bridgehead atoms. The van der Waals surface area contributed by atoms with Gasteiger partial charge in [0, 0.05) is 12.1 Å². The Kier molecular flexibility index (Phi) is 2.80. The van der Waals surface area contributed by atoms with Crippen molar-refractivity contribution in [2.24, 2.45) is 0 Å². The Hall–Kier alpha value is -2.70. The Morgan fingerprint density at radius 2 is 2.06 bits per heavy atom. The Bertz CT molecular complexity index is 591. The van der Waals surface area contributed by atoms with E-state index in [-0.39, 0.29) is 17.0 Å². The van der Waals surface area contributed by atoms with E-state index in [0.717, 1.165) is 6.08 Å². The lowest BCUT2D eigenvalue weighted by Gasteiger charge is -2.04. The summed E-state index contributed by atoms with van der Waals surface area (Å²) in [7, 11) is 1.31. The van der Waals surface area contributed by atoms with Gasteiger partial charge in [-0.3, -0.25) is 25.0 Å². The smallest absolute Gasteiger partial charge is 0.311 e. The highest BCUT2D eigenvalue weighted by atomic mass is 16.6. The number of hydrogen-bond donors (Lipinski definition) is 1. The van der Waals surface area contributed by atoms with Gasteiger partial charge in [-0.05, 0) is 17.7 Å². The normalized spacial score (nSPS) is 14.2. The number of carbonyl (C=O) groups excluding carboxylic acids is 2. The van der Waals surface area contributed by atoms with Crippen LogP contribution in [0.15, 0.2) is 24.3 Å². The number of nitrogens with zero attached hydrogens (tertiary/aromatic N) is 1. The zero-order valence-corrected chi connectivity index (χ0v) is 9.30. The van der Waals surface area contributed by atoms with Gasteiger partial charge in [-0.2, -0.15) is 0 Å². The van der Waals surface area contributed by atoms with Crippen LogP contribution in [-0.4, -0.2) is 23.8 Å². The molecule has 2 amide bonds. The van der Waals surface area contributed by atoms with Gasteiger partial charge in [0.25, 0.3) is 11.8 Å². The van der Waals surface area contributed by atoms with Crippen LogP contribution in [-0.2, 0) is 9.59 Å². The van der Waals surface area contributed by atoms with E-state index in [1.54, 1.807) is 0 Å². The predicted molar refractivity (Wildman–Crippen MR) is 60.8 cm³/mol. The molecule has 92 valence electrons. The fourth-order valence-corrected chi connectivity index (χ4v) is 1.63. The second-order valence-corrected chi connectivity index (χ2v) is 3.52. The summed E-state index contributed by atoms with van der Waals surface area (Å²) in [6.45, 7) is 0. The molecule has 0 saturated heterocycles. The lowest BCUT2D eigenvalue weighted by atomic mass is 10.1. The molecule has 18 heavy (non-hydrogen) atoms. The molecular formula is C11H8N2O5. The monoisotopic (exact) mass is 248 g/mol. The third-order valence-electron chi connectivity index (χ3n) is 2.44. The Morgan fingerprint density at radius 1 is 1.33 bits per heavy atom. The number of benzene rings is 1. The molecule has 1 N–H and O–H groups in total. The van der Waals surface area contributed by atoms with Gasteiger partial charge < -0.3 is 4.74 Å². The van der Waals surface area contributed by atoms with Crippen molar-refractivity contribution in [2.75, 3.05) is 7.11 Å². The molecule has 1 heterocycles. The molecule has 1 aromatic rings.